The Kier molecular flexibility index (Phi) is 5.67. The van der Waals surface area contributed by atoms with Gasteiger partial charge in [0, 0.05) is 12.2 Å². The zero-order chi connectivity index (χ0) is 15.9. The maximum atomic E-state index is 11.6. The van der Waals surface area contributed by atoms with Crippen molar-refractivity contribution in [2.24, 2.45) is 0 Å². The molecule has 2 aromatic carbocycles. The minimum atomic E-state index is -0.309. The van der Waals surface area contributed by atoms with E-state index in [1.54, 1.807) is 26.2 Å². The fourth-order valence-electron chi connectivity index (χ4n) is 1.96. The lowest BCUT2D eigenvalue weighted by molar-refractivity contribution is 0.0526. The Hall–Kier alpha value is -2.20. The third-order valence-electron chi connectivity index (χ3n) is 3.11. The number of anilines is 1. The van der Waals surface area contributed by atoms with E-state index in [1.165, 1.54) is 0 Å². The number of carbonyl (C=O) groups is 1. The summed E-state index contributed by atoms with van der Waals surface area (Å²) in [5.41, 5.74) is 2.50. The van der Waals surface area contributed by atoms with Crippen LogP contribution in [0.4, 0.5) is 5.69 Å². The lowest BCUT2D eigenvalue weighted by Gasteiger charge is -2.09. The number of ether oxygens (including phenoxy) is 2. The van der Waals surface area contributed by atoms with Gasteiger partial charge in [-0.25, -0.2) is 4.79 Å². The predicted octanol–water partition coefficient (Wildman–Crippen LogP) is 4.14. The molecular formula is C17H18ClNO3. The first-order chi connectivity index (χ1) is 10.6. The van der Waals surface area contributed by atoms with Crippen molar-refractivity contribution in [3.05, 3.63) is 58.6 Å². The molecule has 0 spiro atoms. The first kappa shape index (κ1) is 16.2. The summed E-state index contributed by atoms with van der Waals surface area (Å²) in [5, 5.41) is 3.86. The summed E-state index contributed by atoms with van der Waals surface area (Å²) in [4.78, 5) is 11.6. The highest BCUT2D eigenvalue weighted by molar-refractivity contribution is 6.32. The molecule has 1 N–H and O–H groups in total. The second-order valence-corrected chi connectivity index (χ2v) is 5.03. The lowest BCUT2D eigenvalue weighted by atomic mass is 10.2. The largest absolute Gasteiger partial charge is 0.495 e. The number of rotatable bonds is 6. The van der Waals surface area contributed by atoms with Gasteiger partial charge in [0.15, 0.2) is 0 Å². The first-order valence-electron chi connectivity index (χ1n) is 6.97. The first-order valence-corrected chi connectivity index (χ1v) is 7.35. The average molecular weight is 320 g/mol. The van der Waals surface area contributed by atoms with Gasteiger partial charge in [-0.1, -0.05) is 17.7 Å². The molecule has 2 rings (SSSR count). The molecule has 0 fully saturated rings. The molecule has 0 saturated carbocycles. The molecule has 0 aliphatic carbocycles. The highest BCUT2D eigenvalue weighted by Crippen LogP contribution is 2.25. The van der Waals surface area contributed by atoms with Gasteiger partial charge >= 0.3 is 5.97 Å². The molecule has 0 aliphatic rings. The summed E-state index contributed by atoms with van der Waals surface area (Å²) < 4.78 is 10.1. The molecule has 0 aromatic heterocycles. The van der Waals surface area contributed by atoms with Crippen LogP contribution in [0.5, 0.6) is 5.75 Å². The van der Waals surface area contributed by atoms with E-state index in [0.717, 1.165) is 11.3 Å². The van der Waals surface area contributed by atoms with Crippen molar-refractivity contribution < 1.29 is 14.3 Å². The zero-order valence-electron chi connectivity index (χ0n) is 12.6. The van der Waals surface area contributed by atoms with Crippen molar-refractivity contribution in [2.45, 2.75) is 13.5 Å². The van der Waals surface area contributed by atoms with Crippen LogP contribution in [0.2, 0.25) is 5.02 Å². The molecule has 0 radical (unpaired) electrons. The van der Waals surface area contributed by atoms with E-state index in [9.17, 15) is 4.79 Å². The van der Waals surface area contributed by atoms with Crippen molar-refractivity contribution in [2.75, 3.05) is 19.0 Å². The van der Waals surface area contributed by atoms with Gasteiger partial charge < -0.3 is 14.8 Å². The van der Waals surface area contributed by atoms with Crippen molar-refractivity contribution in [1.29, 1.82) is 0 Å². The van der Waals surface area contributed by atoms with Crippen LogP contribution in [0.3, 0.4) is 0 Å². The highest BCUT2D eigenvalue weighted by Gasteiger charge is 2.06. The van der Waals surface area contributed by atoms with Gasteiger partial charge in [0.1, 0.15) is 5.75 Å². The Morgan fingerprint density at radius 2 is 1.91 bits per heavy atom. The maximum Gasteiger partial charge on any atom is 0.338 e. The molecule has 0 heterocycles. The van der Waals surface area contributed by atoms with Gasteiger partial charge in [0.25, 0.3) is 0 Å². The summed E-state index contributed by atoms with van der Waals surface area (Å²) in [6.07, 6.45) is 0. The number of nitrogens with one attached hydrogen (secondary N) is 1. The number of halogens is 1. The molecule has 4 nitrogen and oxygen atoms in total. The van der Waals surface area contributed by atoms with E-state index in [4.69, 9.17) is 21.1 Å². The molecule has 0 amide bonds. The molecule has 0 bridgehead atoms. The number of benzene rings is 2. The molecule has 0 atom stereocenters. The number of carbonyl (C=O) groups excluding carboxylic acids is 1. The topological polar surface area (TPSA) is 47.6 Å². The fourth-order valence-corrected chi connectivity index (χ4v) is 2.24. The van der Waals surface area contributed by atoms with Crippen LogP contribution in [0.1, 0.15) is 22.8 Å². The number of hydrogen-bond donors (Lipinski definition) is 1. The predicted molar refractivity (Wildman–Crippen MR) is 87.7 cm³/mol. The van der Waals surface area contributed by atoms with E-state index < -0.39 is 0 Å². The summed E-state index contributed by atoms with van der Waals surface area (Å²) in [6, 6.07) is 12.8. The molecule has 2 aromatic rings. The van der Waals surface area contributed by atoms with Gasteiger partial charge in [-0.2, -0.15) is 0 Å². The molecule has 116 valence electrons. The van der Waals surface area contributed by atoms with Crippen LogP contribution < -0.4 is 10.1 Å². The van der Waals surface area contributed by atoms with Crippen molar-refractivity contribution in [1.82, 2.24) is 0 Å². The van der Waals surface area contributed by atoms with Crippen molar-refractivity contribution in [3.8, 4) is 5.75 Å². The van der Waals surface area contributed by atoms with E-state index in [1.807, 2.05) is 30.3 Å². The van der Waals surface area contributed by atoms with Crippen LogP contribution in [-0.4, -0.2) is 19.7 Å². The monoisotopic (exact) mass is 319 g/mol. The number of hydrogen-bond acceptors (Lipinski definition) is 4. The summed E-state index contributed by atoms with van der Waals surface area (Å²) >= 11 is 6.09. The number of methoxy groups -OCH3 is 1. The Balaban J connectivity index is 1.97. The Bertz CT molecular complexity index is 641. The minimum absolute atomic E-state index is 0.309. The standard InChI is InChI=1S/C17H18ClNO3/c1-3-22-17(20)13-5-7-14(8-6-13)19-11-12-4-9-16(21-2)15(18)10-12/h4-10,19H,3,11H2,1-2H3. The third kappa shape index (κ3) is 4.15. The van der Waals surface area contributed by atoms with Crippen molar-refractivity contribution in [3.63, 3.8) is 0 Å². The summed E-state index contributed by atoms with van der Waals surface area (Å²) in [5.74, 6) is 0.347. The summed E-state index contributed by atoms with van der Waals surface area (Å²) in [7, 11) is 1.59. The van der Waals surface area contributed by atoms with E-state index in [-0.39, 0.29) is 5.97 Å². The molecular weight excluding hydrogens is 302 g/mol. The Labute approximate surface area is 135 Å². The summed E-state index contributed by atoms with van der Waals surface area (Å²) in [6.45, 7) is 2.79. The average Bonchev–Trinajstić information content (AvgIpc) is 2.54. The molecule has 0 aliphatic heterocycles. The fraction of sp³-hybridized carbons (Fsp3) is 0.235. The van der Waals surface area contributed by atoms with Crippen LogP contribution in [0, 0.1) is 0 Å². The highest BCUT2D eigenvalue weighted by atomic mass is 35.5. The normalized spacial score (nSPS) is 10.1. The Morgan fingerprint density at radius 1 is 1.18 bits per heavy atom. The van der Waals surface area contributed by atoms with Gasteiger partial charge in [-0.3, -0.25) is 0 Å². The lowest BCUT2D eigenvalue weighted by Crippen LogP contribution is -2.05. The number of esters is 1. The van der Waals surface area contributed by atoms with Crippen LogP contribution >= 0.6 is 11.6 Å². The molecule has 0 saturated heterocycles. The Morgan fingerprint density at radius 3 is 2.50 bits per heavy atom. The second kappa shape index (κ2) is 7.71. The molecule has 5 heteroatoms. The molecule has 22 heavy (non-hydrogen) atoms. The van der Waals surface area contributed by atoms with E-state index >= 15 is 0 Å². The van der Waals surface area contributed by atoms with Crippen molar-refractivity contribution >= 4 is 23.3 Å². The van der Waals surface area contributed by atoms with Crippen LogP contribution in [-0.2, 0) is 11.3 Å². The second-order valence-electron chi connectivity index (χ2n) is 4.62. The van der Waals surface area contributed by atoms with Gasteiger partial charge in [0.05, 0.1) is 24.3 Å². The van der Waals surface area contributed by atoms with Gasteiger partial charge in [0.2, 0.25) is 0 Å². The minimum Gasteiger partial charge on any atom is -0.495 e. The van der Waals surface area contributed by atoms with E-state index in [0.29, 0.717) is 29.5 Å². The van der Waals surface area contributed by atoms with Gasteiger partial charge in [-0.05, 0) is 48.9 Å². The maximum absolute atomic E-state index is 11.6. The third-order valence-corrected chi connectivity index (χ3v) is 3.40. The smallest absolute Gasteiger partial charge is 0.338 e. The van der Waals surface area contributed by atoms with Crippen LogP contribution in [0.15, 0.2) is 42.5 Å². The van der Waals surface area contributed by atoms with E-state index in [2.05, 4.69) is 5.32 Å². The van der Waals surface area contributed by atoms with Gasteiger partial charge in [-0.15, -0.1) is 0 Å². The SMILES string of the molecule is CCOC(=O)c1ccc(NCc2ccc(OC)c(Cl)c2)cc1. The molecule has 0 unspecified atom stereocenters. The van der Waals surface area contributed by atoms with Crippen LogP contribution in [0.25, 0.3) is 0 Å². The zero-order valence-corrected chi connectivity index (χ0v) is 13.3. The quantitative estimate of drug-likeness (QED) is 0.813.